The summed E-state index contributed by atoms with van der Waals surface area (Å²) in [7, 11) is 1.18. The SMILES string of the molecule is CC=C1C(OC2OC(CO)C(O)C(O)C2O)OC=C(C(=O)OC)C1CC(=O)OCCC(C)CCC=C(C)C(=O)O. The van der Waals surface area contributed by atoms with E-state index in [1.807, 2.05) is 6.92 Å². The number of hydrogen-bond acceptors (Lipinski definition) is 12. The second-order valence-electron chi connectivity index (χ2n) is 9.80. The summed E-state index contributed by atoms with van der Waals surface area (Å²) in [5.74, 6) is -2.99. The normalized spacial score (nSPS) is 30.7. The zero-order valence-electron chi connectivity index (χ0n) is 23.1. The van der Waals surface area contributed by atoms with E-state index < -0.39 is 67.4 Å². The van der Waals surface area contributed by atoms with Crippen molar-refractivity contribution in [1.82, 2.24) is 0 Å². The van der Waals surface area contributed by atoms with E-state index in [1.54, 1.807) is 19.1 Å². The molecule has 13 heteroatoms. The molecule has 8 unspecified atom stereocenters. The highest BCUT2D eigenvalue weighted by Crippen LogP contribution is 2.36. The van der Waals surface area contributed by atoms with E-state index >= 15 is 0 Å². The Balaban J connectivity index is 2.05. The Hall–Kier alpha value is -2.81. The summed E-state index contributed by atoms with van der Waals surface area (Å²) in [5, 5.41) is 48.8. The fourth-order valence-electron chi connectivity index (χ4n) is 4.34. The lowest BCUT2D eigenvalue weighted by atomic mass is 9.86. The first-order valence-electron chi connectivity index (χ1n) is 13.1. The first-order chi connectivity index (χ1) is 18.9. The summed E-state index contributed by atoms with van der Waals surface area (Å²) < 4.78 is 26.9. The third-order valence-corrected chi connectivity index (χ3v) is 6.92. The maximum absolute atomic E-state index is 12.8. The van der Waals surface area contributed by atoms with Gasteiger partial charge in [-0.15, -0.1) is 0 Å². The Labute approximate surface area is 232 Å². The molecule has 0 bridgehead atoms. The minimum Gasteiger partial charge on any atom is -0.478 e. The average Bonchev–Trinajstić information content (AvgIpc) is 2.92. The number of aliphatic hydroxyl groups excluding tert-OH is 4. The Morgan fingerprint density at radius 1 is 1.12 bits per heavy atom. The summed E-state index contributed by atoms with van der Waals surface area (Å²) in [6.07, 6.45) is -2.98. The third kappa shape index (κ3) is 8.85. The maximum Gasteiger partial charge on any atom is 0.337 e. The average molecular weight is 573 g/mol. The van der Waals surface area contributed by atoms with Gasteiger partial charge < -0.3 is 49.2 Å². The summed E-state index contributed by atoms with van der Waals surface area (Å²) >= 11 is 0. The highest BCUT2D eigenvalue weighted by molar-refractivity contribution is 5.90. The number of carboxylic acids is 1. The van der Waals surface area contributed by atoms with Gasteiger partial charge in [-0.05, 0) is 39.0 Å². The first kappa shape index (κ1) is 33.4. The summed E-state index contributed by atoms with van der Waals surface area (Å²) in [4.78, 5) is 36.1. The van der Waals surface area contributed by atoms with Gasteiger partial charge >= 0.3 is 17.9 Å². The minimum atomic E-state index is -1.68. The lowest BCUT2D eigenvalue weighted by Gasteiger charge is -2.41. The van der Waals surface area contributed by atoms with Gasteiger partial charge in [0.25, 0.3) is 0 Å². The number of hydrogen-bond donors (Lipinski definition) is 5. The molecule has 0 aromatic rings. The highest BCUT2D eigenvalue weighted by Gasteiger charge is 2.46. The third-order valence-electron chi connectivity index (χ3n) is 6.92. The lowest BCUT2D eigenvalue weighted by molar-refractivity contribution is -0.327. The molecule has 0 amide bonds. The monoisotopic (exact) mass is 572 g/mol. The molecular weight excluding hydrogens is 532 g/mol. The van der Waals surface area contributed by atoms with Crippen molar-refractivity contribution < 1.29 is 63.6 Å². The molecule has 1 saturated heterocycles. The van der Waals surface area contributed by atoms with E-state index in [0.717, 1.165) is 12.7 Å². The van der Waals surface area contributed by atoms with Crippen LogP contribution in [0.15, 0.2) is 35.1 Å². The number of ether oxygens (including phenoxy) is 5. The van der Waals surface area contributed by atoms with Crippen LogP contribution in [0.1, 0.15) is 46.5 Å². The number of carbonyl (C=O) groups is 3. The molecule has 2 aliphatic rings. The lowest BCUT2D eigenvalue weighted by Crippen LogP contribution is -2.60. The van der Waals surface area contributed by atoms with E-state index in [0.29, 0.717) is 18.4 Å². The molecule has 40 heavy (non-hydrogen) atoms. The smallest absolute Gasteiger partial charge is 0.337 e. The molecule has 13 nitrogen and oxygen atoms in total. The van der Waals surface area contributed by atoms with Crippen LogP contribution in [-0.2, 0) is 38.1 Å². The molecule has 2 aliphatic heterocycles. The van der Waals surface area contributed by atoms with Crippen LogP contribution in [0.3, 0.4) is 0 Å². The van der Waals surface area contributed by atoms with Crippen LogP contribution in [0.4, 0.5) is 0 Å². The Morgan fingerprint density at radius 2 is 1.82 bits per heavy atom. The molecule has 8 atom stereocenters. The van der Waals surface area contributed by atoms with Crippen molar-refractivity contribution in [3.05, 3.63) is 35.1 Å². The zero-order valence-corrected chi connectivity index (χ0v) is 23.1. The van der Waals surface area contributed by atoms with Crippen LogP contribution in [0.25, 0.3) is 0 Å². The van der Waals surface area contributed by atoms with Gasteiger partial charge in [-0.1, -0.05) is 19.1 Å². The van der Waals surface area contributed by atoms with Crippen LogP contribution < -0.4 is 0 Å². The van der Waals surface area contributed by atoms with Crippen LogP contribution >= 0.6 is 0 Å². The Kier molecular flexibility index (Phi) is 13.2. The molecule has 0 aromatic carbocycles. The van der Waals surface area contributed by atoms with Crippen molar-refractivity contribution in [3.8, 4) is 0 Å². The first-order valence-corrected chi connectivity index (χ1v) is 13.1. The van der Waals surface area contributed by atoms with Crippen molar-refractivity contribution in [2.24, 2.45) is 11.8 Å². The Bertz CT molecular complexity index is 969. The number of aliphatic hydroxyl groups is 4. The number of rotatable bonds is 13. The molecule has 0 saturated carbocycles. The van der Waals surface area contributed by atoms with Gasteiger partial charge in [0.05, 0.1) is 38.6 Å². The van der Waals surface area contributed by atoms with Crippen LogP contribution in [-0.4, -0.2) is 101 Å². The van der Waals surface area contributed by atoms with Gasteiger partial charge in [0.2, 0.25) is 6.29 Å². The zero-order chi connectivity index (χ0) is 30.0. The van der Waals surface area contributed by atoms with Crippen molar-refractivity contribution in [2.75, 3.05) is 20.3 Å². The van der Waals surface area contributed by atoms with Gasteiger partial charge in [0.15, 0.2) is 6.29 Å². The van der Waals surface area contributed by atoms with Crippen LogP contribution in [0, 0.1) is 11.8 Å². The van der Waals surface area contributed by atoms with Gasteiger partial charge in [-0.2, -0.15) is 0 Å². The predicted molar refractivity (Wildman–Crippen MR) is 137 cm³/mol. The number of methoxy groups -OCH3 is 1. The molecule has 1 fully saturated rings. The number of esters is 2. The fraction of sp³-hybridized carbons (Fsp3) is 0.667. The van der Waals surface area contributed by atoms with Gasteiger partial charge in [0, 0.05) is 17.1 Å². The van der Waals surface area contributed by atoms with Crippen LogP contribution in [0.2, 0.25) is 0 Å². The van der Waals surface area contributed by atoms with E-state index in [4.69, 9.17) is 28.8 Å². The second kappa shape index (κ2) is 15.8. The van der Waals surface area contributed by atoms with E-state index in [-0.39, 0.29) is 30.1 Å². The largest absolute Gasteiger partial charge is 0.478 e. The van der Waals surface area contributed by atoms with E-state index in [1.165, 1.54) is 14.0 Å². The topological polar surface area (TPSA) is 199 Å². The van der Waals surface area contributed by atoms with Crippen LogP contribution in [0.5, 0.6) is 0 Å². The molecule has 226 valence electrons. The quantitative estimate of drug-likeness (QED) is 0.117. The molecule has 2 heterocycles. The molecule has 2 rings (SSSR count). The molecule has 0 aromatic heterocycles. The van der Waals surface area contributed by atoms with E-state index in [2.05, 4.69) is 0 Å². The van der Waals surface area contributed by atoms with Crippen molar-refractivity contribution in [3.63, 3.8) is 0 Å². The number of aliphatic carboxylic acids is 1. The highest BCUT2D eigenvalue weighted by atomic mass is 16.8. The molecule has 0 radical (unpaired) electrons. The van der Waals surface area contributed by atoms with Gasteiger partial charge in [-0.25, -0.2) is 9.59 Å². The molecule has 0 aliphatic carbocycles. The van der Waals surface area contributed by atoms with Crippen molar-refractivity contribution in [2.45, 2.75) is 83.5 Å². The fourth-order valence-corrected chi connectivity index (χ4v) is 4.34. The van der Waals surface area contributed by atoms with Gasteiger partial charge in [0.1, 0.15) is 24.4 Å². The predicted octanol–water partition coefficient (Wildman–Crippen LogP) is 0.549. The Morgan fingerprint density at radius 3 is 2.42 bits per heavy atom. The number of allylic oxidation sites excluding steroid dienone is 2. The summed E-state index contributed by atoms with van der Waals surface area (Å²) in [6, 6.07) is 0. The van der Waals surface area contributed by atoms with Crippen molar-refractivity contribution >= 4 is 17.9 Å². The van der Waals surface area contributed by atoms with E-state index in [9.17, 15) is 34.8 Å². The number of carboxylic acid groups (broad SMARTS) is 1. The molecule has 5 N–H and O–H groups in total. The van der Waals surface area contributed by atoms with Gasteiger partial charge in [-0.3, -0.25) is 4.79 Å². The summed E-state index contributed by atoms with van der Waals surface area (Å²) in [6.45, 7) is 4.60. The standard InChI is InChI=1S/C27H40O13/c1-5-16-17(11-20(29)37-10-9-14(2)7-6-8-15(3)24(33)34)18(25(35)36-4)13-38-26(16)40-27-23(32)22(31)21(30)19(12-28)39-27/h5,8,13-14,17,19,21-23,26-28,30-32H,6-7,9-12H2,1-4H3,(H,33,34). The summed E-state index contributed by atoms with van der Waals surface area (Å²) in [5.41, 5.74) is 0.638. The second-order valence-corrected chi connectivity index (χ2v) is 9.80. The van der Waals surface area contributed by atoms with Crippen molar-refractivity contribution in [1.29, 1.82) is 0 Å². The molecular formula is C27H40O13. The number of carbonyl (C=O) groups excluding carboxylic acids is 2. The molecule has 0 spiro atoms. The minimum absolute atomic E-state index is 0.0372. The maximum atomic E-state index is 12.8.